The third-order valence-electron chi connectivity index (χ3n) is 1.52. The van der Waals surface area contributed by atoms with Crippen LogP contribution in [0.2, 0.25) is 0 Å². The minimum Gasteiger partial charge on any atom is -0.0865 e. The van der Waals surface area contributed by atoms with E-state index in [0.717, 1.165) is 6.42 Å². The van der Waals surface area contributed by atoms with Crippen LogP contribution in [0.15, 0.2) is 0 Å². The molecular formula is C7H11Br5. The van der Waals surface area contributed by atoms with Gasteiger partial charge in [0, 0.05) is 4.83 Å². The average molecular weight is 495 g/mol. The molecule has 0 fully saturated rings. The van der Waals surface area contributed by atoms with Gasteiger partial charge in [-0.15, -0.1) is 0 Å². The molecule has 0 radical (unpaired) electrons. The lowest BCUT2D eigenvalue weighted by atomic mass is 10.2. The molecule has 5 heteroatoms. The van der Waals surface area contributed by atoms with E-state index in [9.17, 15) is 0 Å². The first-order chi connectivity index (χ1) is 5.42. The summed E-state index contributed by atoms with van der Waals surface area (Å²) >= 11 is 17.8. The SMILES string of the molecule is CCCCC(Br)C(Br)(Br)C(Br)Br. The molecule has 0 aromatic carbocycles. The fourth-order valence-electron chi connectivity index (χ4n) is 0.712. The van der Waals surface area contributed by atoms with Crippen LogP contribution in [0.1, 0.15) is 26.2 Å². The Hall–Kier alpha value is 2.40. The van der Waals surface area contributed by atoms with E-state index in [0.29, 0.717) is 4.83 Å². The highest BCUT2D eigenvalue weighted by Gasteiger charge is 2.36. The Morgan fingerprint density at radius 1 is 1.17 bits per heavy atom. The zero-order valence-corrected chi connectivity index (χ0v) is 14.6. The van der Waals surface area contributed by atoms with Gasteiger partial charge >= 0.3 is 0 Å². The summed E-state index contributed by atoms with van der Waals surface area (Å²) in [5.41, 5.74) is 0. The van der Waals surface area contributed by atoms with E-state index in [1.165, 1.54) is 12.8 Å². The zero-order chi connectivity index (χ0) is 9.78. The maximum Gasteiger partial charge on any atom is 0.115 e. The second kappa shape index (κ2) is 6.81. The van der Waals surface area contributed by atoms with E-state index >= 15 is 0 Å². The molecule has 0 saturated carbocycles. The molecular weight excluding hydrogens is 484 g/mol. The van der Waals surface area contributed by atoms with E-state index in [1.807, 2.05) is 0 Å². The zero-order valence-electron chi connectivity index (χ0n) is 6.67. The van der Waals surface area contributed by atoms with Crippen molar-refractivity contribution in [2.75, 3.05) is 0 Å². The number of alkyl halides is 5. The van der Waals surface area contributed by atoms with Gasteiger partial charge < -0.3 is 0 Å². The lowest BCUT2D eigenvalue weighted by molar-refractivity contribution is 0.675. The van der Waals surface area contributed by atoms with Gasteiger partial charge in [-0.25, -0.2) is 0 Å². The van der Waals surface area contributed by atoms with Gasteiger partial charge in [-0.3, -0.25) is 0 Å². The van der Waals surface area contributed by atoms with Crippen molar-refractivity contribution in [1.29, 1.82) is 0 Å². The smallest absolute Gasteiger partial charge is 0.0865 e. The van der Waals surface area contributed by atoms with Crippen molar-refractivity contribution < 1.29 is 0 Å². The number of unbranched alkanes of at least 4 members (excludes halogenated alkanes) is 1. The molecule has 0 aromatic rings. The normalized spacial score (nSPS) is 15.2. The lowest BCUT2D eigenvalue weighted by Gasteiger charge is -2.27. The highest BCUT2D eigenvalue weighted by Crippen LogP contribution is 2.45. The van der Waals surface area contributed by atoms with Crippen LogP contribution >= 0.6 is 79.6 Å². The summed E-state index contributed by atoms with van der Waals surface area (Å²) in [7, 11) is 0. The molecule has 1 unspecified atom stereocenters. The summed E-state index contributed by atoms with van der Waals surface area (Å²) in [6, 6.07) is 0. The van der Waals surface area contributed by atoms with E-state index in [2.05, 4.69) is 86.6 Å². The van der Waals surface area contributed by atoms with Crippen LogP contribution in [0.4, 0.5) is 0 Å². The van der Waals surface area contributed by atoms with Gasteiger partial charge in [0.15, 0.2) is 0 Å². The molecule has 0 N–H and O–H groups in total. The van der Waals surface area contributed by atoms with Crippen LogP contribution in [0.5, 0.6) is 0 Å². The summed E-state index contributed by atoms with van der Waals surface area (Å²) in [5, 5.41) is 0. The number of hydrogen-bond donors (Lipinski definition) is 0. The molecule has 0 aromatic heterocycles. The van der Waals surface area contributed by atoms with Crippen molar-refractivity contribution in [3.05, 3.63) is 0 Å². The molecule has 0 nitrogen and oxygen atoms in total. The van der Waals surface area contributed by atoms with Crippen LogP contribution in [-0.2, 0) is 0 Å². The standard InChI is InChI=1S/C7H11Br5/c1-2-3-4-5(8)7(11,12)6(9)10/h5-6H,2-4H2,1H3. The molecule has 0 saturated heterocycles. The molecule has 0 spiro atoms. The van der Waals surface area contributed by atoms with E-state index < -0.39 is 0 Å². The minimum absolute atomic E-state index is 0.116. The van der Waals surface area contributed by atoms with Gasteiger partial charge in [-0.1, -0.05) is 99.4 Å². The van der Waals surface area contributed by atoms with E-state index in [4.69, 9.17) is 0 Å². The monoisotopic (exact) mass is 490 g/mol. The highest BCUT2D eigenvalue weighted by molar-refractivity contribution is 9.30. The first kappa shape index (κ1) is 14.4. The van der Waals surface area contributed by atoms with Gasteiger partial charge in [0.2, 0.25) is 0 Å². The predicted octanol–water partition coefficient (Wildman–Crippen LogP) is 5.54. The van der Waals surface area contributed by atoms with Gasteiger partial charge in [-0.2, -0.15) is 0 Å². The average Bonchev–Trinajstić information content (AvgIpc) is 1.99. The Morgan fingerprint density at radius 3 is 2.00 bits per heavy atom. The first-order valence-electron chi connectivity index (χ1n) is 3.73. The summed E-state index contributed by atoms with van der Waals surface area (Å²) in [5.74, 6) is 0. The summed E-state index contributed by atoms with van der Waals surface area (Å²) in [6.45, 7) is 2.20. The minimum atomic E-state index is -0.116. The molecule has 74 valence electrons. The number of halogens is 5. The molecule has 0 rings (SSSR count). The fraction of sp³-hybridized carbons (Fsp3) is 1.00. The summed E-state index contributed by atoms with van der Waals surface area (Å²) < 4.78 is 0.0913. The predicted molar refractivity (Wildman–Crippen MR) is 74.5 cm³/mol. The van der Waals surface area contributed by atoms with Crippen molar-refractivity contribution in [1.82, 2.24) is 0 Å². The van der Waals surface area contributed by atoms with Crippen molar-refractivity contribution in [3.8, 4) is 0 Å². The number of rotatable bonds is 5. The second-order valence-electron chi connectivity index (χ2n) is 2.58. The van der Waals surface area contributed by atoms with Crippen molar-refractivity contribution >= 4 is 79.6 Å². The lowest BCUT2D eigenvalue weighted by Crippen LogP contribution is -2.31. The summed E-state index contributed by atoms with van der Waals surface area (Å²) in [6.07, 6.45) is 3.62. The molecule has 0 aliphatic carbocycles. The Bertz CT molecular complexity index is 123. The van der Waals surface area contributed by atoms with Crippen LogP contribution in [0.3, 0.4) is 0 Å². The van der Waals surface area contributed by atoms with Crippen LogP contribution in [0.25, 0.3) is 0 Å². The second-order valence-corrected chi connectivity index (χ2v) is 10.4. The van der Waals surface area contributed by atoms with Gasteiger partial charge in [0.05, 0.1) is 3.74 Å². The van der Waals surface area contributed by atoms with Gasteiger partial charge in [-0.05, 0) is 6.42 Å². The maximum atomic E-state index is 3.65. The maximum absolute atomic E-state index is 3.65. The Labute approximate surface area is 116 Å². The Morgan fingerprint density at radius 2 is 1.67 bits per heavy atom. The van der Waals surface area contributed by atoms with Gasteiger partial charge in [0.1, 0.15) is 3.23 Å². The molecule has 0 bridgehead atoms. The molecule has 0 aliphatic rings. The topological polar surface area (TPSA) is 0 Å². The number of hydrogen-bond acceptors (Lipinski definition) is 0. The Kier molecular flexibility index (Phi) is 8.17. The highest BCUT2D eigenvalue weighted by atomic mass is 79.9. The fourth-order valence-corrected chi connectivity index (χ4v) is 3.11. The van der Waals surface area contributed by atoms with Gasteiger partial charge in [0.25, 0.3) is 0 Å². The third-order valence-corrected chi connectivity index (χ3v) is 9.85. The van der Waals surface area contributed by atoms with E-state index in [-0.39, 0.29) is 6.97 Å². The van der Waals surface area contributed by atoms with Crippen LogP contribution in [-0.4, -0.2) is 11.8 Å². The molecule has 0 amide bonds. The largest absolute Gasteiger partial charge is 0.115 e. The van der Waals surface area contributed by atoms with Crippen LogP contribution < -0.4 is 0 Å². The summed E-state index contributed by atoms with van der Waals surface area (Å²) in [4.78, 5) is 0.411. The molecule has 0 heterocycles. The quantitative estimate of drug-likeness (QED) is 0.440. The van der Waals surface area contributed by atoms with Crippen LogP contribution in [0, 0.1) is 0 Å². The molecule has 1 atom stereocenters. The van der Waals surface area contributed by atoms with Crippen molar-refractivity contribution in [3.63, 3.8) is 0 Å². The van der Waals surface area contributed by atoms with E-state index in [1.54, 1.807) is 0 Å². The molecule has 0 aliphatic heterocycles. The van der Waals surface area contributed by atoms with Crippen molar-refractivity contribution in [2.24, 2.45) is 0 Å². The van der Waals surface area contributed by atoms with Crippen molar-refractivity contribution in [2.45, 2.75) is 38.0 Å². The molecule has 12 heavy (non-hydrogen) atoms. The Balaban J connectivity index is 3.97. The first-order valence-corrected chi connectivity index (χ1v) is 8.06. The third kappa shape index (κ3) is 4.76.